The first-order valence-corrected chi connectivity index (χ1v) is 7.35. The van der Waals surface area contributed by atoms with Gasteiger partial charge in [0.1, 0.15) is 0 Å². The van der Waals surface area contributed by atoms with Gasteiger partial charge in [-0.05, 0) is 61.1 Å². The average Bonchev–Trinajstić information content (AvgIpc) is 2.41. The summed E-state index contributed by atoms with van der Waals surface area (Å²) >= 11 is 1.77. The number of rotatable bonds is 4. The molecule has 0 amide bonds. The molecule has 0 saturated carbocycles. The molecule has 0 spiro atoms. The number of nitrogens with one attached hydrogen (secondary N) is 1. The van der Waals surface area contributed by atoms with Crippen molar-refractivity contribution in [1.82, 2.24) is 0 Å². The van der Waals surface area contributed by atoms with Gasteiger partial charge >= 0.3 is 0 Å². The molecule has 0 aromatic heterocycles. The van der Waals surface area contributed by atoms with Crippen LogP contribution in [-0.4, -0.2) is 6.26 Å². The lowest BCUT2D eigenvalue weighted by Gasteiger charge is -2.09. The Morgan fingerprint density at radius 1 is 0.944 bits per heavy atom. The van der Waals surface area contributed by atoms with Crippen molar-refractivity contribution in [2.75, 3.05) is 11.6 Å². The van der Waals surface area contributed by atoms with Gasteiger partial charge in [-0.25, -0.2) is 0 Å². The van der Waals surface area contributed by atoms with Crippen molar-refractivity contribution < 1.29 is 0 Å². The molecule has 0 saturated heterocycles. The number of thioether (sulfide) groups is 1. The number of aryl methyl sites for hydroxylation is 2. The molecule has 0 radical (unpaired) electrons. The van der Waals surface area contributed by atoms with E-state index in [1.54, 1.807) is 11.8 Å². The van der Waals surface area contributed by atoms with E-state index >= 15 is 0 Å². The zero-order valence-electron chi connectivity index (χ0n) is 11.2. The molecule has 94 valence electrons. The van der Waals surface area contributed by atoms with Crippen LogP contribution >= 0.6 is 11.8 Å². The molecule has 1 N–H and O–H groups in total. The lowest BCUT2D eigenvalue weighted by molar-refractivity contribution is 1.13. The molecule has 0 bridgehead atoms. The minimum atomic E-state index is 0.875. The standard InChI is InChI=1S/C16H19NS/c1-12-4-5-14(10-13(12)2)11-17-15-6-8-16(18-3)9-7-15/h4-10,17H,11H2,1-3H3. The van der Waals surface area contributed by atoms with Crippen LogP contribution in [0.25, 0.3) is 0 Å². The summed E-state index contributed by atoms with van der Waals surface area (Å²) in [6, 6.07) is 15.2. The molecule has 2 heteroatoms. The summed E-state index contributed by atoms with van der Waals surface area (Å²) in [4.78, 5) is 1.30. The van der Waals surface area contributed by atoms with E-state index in [1.165, 1.54) is 27.3 Å². The predicted octanol–water partition coefficient (Wildman–Crippen LogP) is 4.64. The first kappa shape index (κ1) is 13.0. The normalized spacial score (nSPS) is 10.4. The van der Waals surface area contributed by atoms with E-state index in [0.29, 0.717) is 0 Å². The van der Waals surface area contributed by atoms with Gasteiger partial charge in [-0.1, -0.05) is 18.2 Å². The van der Waals surface area contributed by atoms with Gasteiger partial charge in [0.05, 0.1) is 0 Å². The van der Waals surface area contributed by atoms with E-state index in [9.17, 15) is 0 Å². The van der Waals surface area contributed by atoms with Crippen molar-refractivity contribution in [1.29, 1.82) is 0 Å². The SMILES string of the molecule is CSc1ccc(NCc2ccc(C)c(C)c2)cc1. The zero-order chi connectivity index (χ0) is 13.0. The van der Waals surface area contributed by atoms with E-state index in [1.807, 2.05) is 0 Å². The summed E-state index contributed by atoms with van der Waals surface area (Å²) in [5, 5.41) is 3.45. The molecular formula is C16H19NS. The van der Waals surface area contributed by atoms with Crippen LogP contribution in [0.3, 0.4) is 0 Å². The predicted molar refractivity (Wildman–Crippen MR) is 81.5 cm³/mol. The van der Waals surface area contributed by atoms with Crippen LogP contribution in [0.5, 0.6) is 0 Å². The topological polar surface area (TPSA) is 12.0 Å². The molecule has 2 aromatic carbocycles. The second-order valence-corrected chi connectivity index (χ2v) is 5.38. The molecule has 0 atom stereocenters. The van der Waals surface area contributed by atoms with Crippen LogP contribution < -0.4 is 5.32 Å². The largest absolute Gasteiger partial charge is 0.381 e. The maximum Gasteiger partial charge on any atom is 0.0400 e. The third-order valence-electron chi connectivity index (χ3n) is 3.16. The molecule has 0 fully saturated rings. The van der Waals surface area contributed by atoms with Crippen molar-refractivity contribution in [2.45, 2.75) is 25.3 Å². The number of hydrogen-bond donors (Lipinski definition) is 1. The summed E-state index contributed by atoms with van der Waals surface area (Å²) in [6.07, 6.45) is 2.09. The highest BCUT2D eigenvalue weighted by Gasteiger charge is 1.97. The Labute approximate surface area is 114 Å². The summed E-state index contributed by atoms with van der Waals surface area (Å²) in [5.41, 5.74) is 5.20. The maximum atomic E-state index is 3.45. The molecule has 2 aromatic rings. The lowest BCUT2D eigenvalue weighted by Crippen LogP contribution is -1.99. The first-order chi connectivity index (χ1) is 8.69. The second kappa shape index (κ2) is 5.96. The van der Waals surface area contributed by atoms with Crippen LogP contribution in [0.15, 0.2) is 47.4 Å². The number of benzene rings is 2. The van der Waals surface area contributed by atoms with Gasteiger partial charge in [0.15, 0.2) is 0 Å². The first-order valence-electron chi connectivity index (χ1n) is 6.13. The van der Waals surface area contributed by atoms with Gasteiger partial charge in [-0.2, -0.15) is 0 Å². The average molecular weight is 257 g/mol. The van der Waals surface area contributed by atoms with E-state index in [2.05, 4.69) is 67.9 Å². The summed E-state index contributed by atoms with van der Waals surface area (Å²) < 4.78 is 0. The Bertz CT molecular complexity index is 517. The highest BCUT2D eigenvalue weighted by atomic mass is 32.2. The fourth-order valence-electron chi connectivity index (χ4n) is 1.83. The van der Waals surface area contributed by atoms with Crippen molar-refractivity contribution in [2.24, 2.45) is 0 Å². The molecular weight excluding hydrogens is 238 g/mol. The molecule has 18 heavy (non-hydrogen) atoms. The van der Waals surface area contributed by atoms with Crippen molar-refractivity contribution in [3.8, 4) is 0 Å². The van der Waals surface area contributed by atoms with Crippen LogP contribution in [0.2, 0.25) is 0 Å². The molecule has 0 aliphatic heterocycles. The molecule has 0 aliphatic rings. The van der Waals surface area contributed by atoms with Crippen LogP contribution in [0, 0.1) is 13.8 Å². The second-order valence-electron chi connectivity index (χ2n) is 4.50. The Hall–Kier alpha value is -1.41. The number of hydrogen-bond acceptors (Lipinski definition) is 2. The Morgan fingerprint density at radius 3 is 2.28 bits per heavy atom. The third-order valence-corrected chi connectivity index (χ3v) is 3.90. The highest BCUT2D eigenvalue weighted by molar-refractivity contribution is 7.98. The van der Waals surface area contributed by atoms with Crippen molar-refractivity contribution in [3.05, 3.63) is 59.2 Å². The summed E-state index contributed by atoms with van der Waals surface area (Å²) in [7, 11) is 0. The molecule has 1 nitrogen and oxygen atoms in total. The summed E-state index contributed by atoms with van der Waals surface area (Å²) in [6.45, 7) is 5.18. The van der Waals surface area contributed by atoms with Crippen LogP contribution in [-0.2, 0) is 6.54 Å². The van der Waals surface area contributed by atoms with Gasteiger partial charge in [0, 0.05) is 17.1 Å². The molecule has 2 rings (SSSR count). The van der Waals surface area contributed by atoms with E-state index in [0.717, 1.165) is 6.54 Å². The fraction of sp³-hybridized carbons (Fsp3) is 0.250. The molecule has 0 heterocycles. The Morgan fingerprint density at radius 2 is 1.67 bits per heavy atom. The molecule has 0 aliphatic carbocycles. The van der Waals surface area contributed by atoms with Crippen LogP contribution in [0.1, 0.15) is 16.7 Å². The van der Waals surface area contributed by atoms with Crippen molar-refractivity contribution in [3.63, 3.8) is 0 Å². The minimum Gasteiger partial charge on any atom is -0.381 e. The van der Waals surface area contributed by atoms with Crippen LogP contribution in [0.4, 0.5) is 5.69 Å². The highest BCUT2D eigenvalue weighted by Crippen LogP contribution is 2.18. The number of anilines is 1. The lowest BCUT2D eigenvalue weighted by atomic mass is 10.1. The third kappa shape index (κ3) is 3.30. The van der Waals surface area contributed by atoms with Gasteiger partial charge in [0.2, 0.25) is 0 Å². The molecule has 0 unspecified atom stereocenters. The van der Waals surface area contributed by atoms with E-state index in [4.69, 9.17) is 0 Å². The quantitative estimate of drug-likeness (QED) is 0.801. The fourth-order valence-corrected chi connectivity index (χ4v) is 2.23. The van der Waals surface area contributed by atoms with Gasteiger partial charge in [-0.3, -0.25) is 0 Å². The Balaban J connectivity index is 1.99. The van der Waals surface area contributed by atoms with E-state index < -0.39 is 0 Å². The minimum absolute atomic E-state index is 0.875. The Kier molecular flexibility index (Phi) is 4.32. The van der Waals surface area contributed by atoms with Gasteiger partial charge in [0.25, 0.3) is 0 Å². The van der Waals surface area contributed by atoms with Gasteiger partial charge in [-0.15, -0.1) is 11.8 Å². The summed E-state index contributed by atoms with van der Waals surface area (Å²) in [5.74, 6) is 0. The van der Waals surface area contributed by atoms with Crippen molar-refractivity contribution >= 4 is 17.4 Å². The van der Waals surface area contributed by atoms with E-state index in [-0.39, 0.29) is 0 Å². The smallest absolute Gasteiger partial charge is 0.0400 e. The van der Waals surface area contributed by atoms with Gasteiger partial charge < -0.3 is 5.32 Å². The zero-order valence-corrected chi connectivity index (χ0v) is 12.0. The maximum absolute atomic E-state index is 3.45. The monoisotopic (exact) mass is 257 g/mol.